The second-order valence-corrected chi connectivity index (χ2v) is 5.08. The van der Waals surface area contributed by atoms with E-state index >= 15 is 0 Å². The molecule has 0 aliphatic heterocycles. The van der Waals surface area contributed by atoms with Crippen LogP contribution in [0.4, 0.5) is 0 Å². The molecular weight excluding hydrogens is 210 g/mol. The van der Waals surface area contributed by atoms with E-state index in [0.717, 1.165) is 0 Å². The van der Waals surface area contributed by atoms with Crippen LogP contribution in [-0.2, 0) is 9.59 Å². The Morgan fingerprint density at radius 3 is 2.31 bits per heavy atom. The van der Waals surface area contributed by atoms with Crippen LogP contribution in [0.3, 0.4) is 0 Å². The number of aliphatic hydroxyl groups excluding tert-OH is 1. The lowest BCUT2D eigenvalue weighted by atomic mass is 10.0. The Morgan fingerprint density at radius 1 is 1.31 bits per heavy atom. The van der Waals surface area contributed by atoms with E-state index in [-0.39, 0.29) is 18.4 Å². The summed E-state index contributed by atoms with van der Waals surface area (Å²) in [5.41, 5.74) is -0.640. The smallest absolute Gasteiger partial charge is 0.306 e. The van der Waals surface area contributed by atoms with E-state index in [0.29, 0.717) is 19.3 Å². The Labute approximate surface area is 94.8 Å². The van der Waals surface area contributed by atoms with Crippen molar-refractivity contribution in [1.82, 2.24) is 5.32 Å². The molecule has 1 aliphatic rings. The van der Waals surface area contributed by atoms with Crippen LogP contribution in [-0.4, -0.2) is 34.2 Å². The summed E-state index contributed by atoms with van der Waals surface area (Å²) < 4.78 is 0. The molecule has 0 heterocycles. The van der Waals surface area contributed by atoms with Gasteiger partial charge in [0.25, 0.3) is 0 Å². The quantitative estimate of drug-likeness (QED) is 0.650. The molecule has 1 amide bonds. The lowest BCUT2D eigenvalue weighted by Crippen LogP contribution is -2.48. The molecule has 5 nitrogen and oxygen atoms in total. The number of hydrogen-bond donors (Lipinski definition) is 3. The lowest BCUT2D eigenvalue weighted by molar-refractivity contribution is -0.141. The number of hydrogen-bond acceptors (Lipinski definition) is 3. The number of carbonyl (C=O) groups is 2. The van der Waals surface area contributed by atoms with Crippen molar-refractivity contribution >= 4 is 11.9 Å². The summed E-state index contributed by atoms with van der Waals surface area (Å²) in [7, 11) is 0. The molecule has 1 aliphatic carbocycles. The number of aliphatic hydroxyl groups is 1. The van der Waals surface area contributed by atoms with Crippen molar-refractivity contribution in [3.05, 3.63) is 0 Å². The van der Waals surface area contributed by atoms with Crippen LogP contribution in [0, 0.1) is 11.8 Å². The Morgan fingerprint density at radius 2 is 1.88 bits per heavy atom. The summed E-state index contributed by atoms with van der Waals surface area (Å²) >= 11 is 0. The molecule has 92 valence electrons. The molecule has 0 spiro atoms. The van der Waals surface area contributed by atoms with Crippen molar-refractivity contribution in [3.8, 4) is 0 Å². The first-order valence-corrected chi connectivity index (χ1v) is 5.51. The molecular formula is C11H19NO4. The highest BCUT2D eigenvalue weighted by Crippen LogP contribution is 2.31. The number of carboxylic acids is 1. The van der Waals surface area contributed by atoms with E-state index < -0.39 is 17.4 Å². The Bertz CT molecular complexity index is 288. The van der Waals surface area contributed by atoms with Gasteiger partial charge in [0.2, 0.25) is 5.91 Å². The van der Waals surface area contributed by atoms with E-state index in [2.05, 4.69) is 5.32 Å². The minimum Gasteiger partial charge on any atom is -0.481 e. The lowest BCUT2D eigenvalue weighted by Gasteiger charge is -2.25. The monoisotopic (exact) mass is 229 g/mol. The fourth-order valence-corrected chi connectivity index (χ4v) is 1.92. The SMILES string of the molecule is CC(C)(CO)NC(=O)[C@@H]1CC[C@H](C(=O)O)C1. The van der Waals surface area contributed by atoms with Gasteiger partial charge in [-0.25, -0.2) is 0 Å². The molecule has 5 heteroatoms. The summed E-state index contributed by atoms with van der Waals surface area (Å²) in [5.74, 6) is -1.60. The average molecular weight is 229 g/mol. The van der Waals surface area contributed by atoms with Gasteiger partial charge >= 0.3 is 5.97 Å². The standard InChI is InChI=1S/C11H19NO4/c1-11(2,6-13)12-9(14)7-3-4-8(5-7)10(15)16/h7-8,13H,3-6H2,1-2H3,(H,12,14)(H,15,16)/t7-,8+/m1/s1. The van der Waals surface area contributed by atoms with Crippen LogP contribution < -0.4 is 5.32 Å². The van der Waals surface area contributed by atoms with Gasteiger partial charge in [-0.1, -0.05) is 0 Å². The maximum absolute atomic E-state index is 11.8. The fourth-order valence-electron chi connectivity index (χ4n) is 1.92. The summed E-state index contributed by atoms with van der Waals surface area (Å²) in [4.78, 5) is 22.5. The van der Waals surface area contributed by atoms with Crippen molar-refractivity contribution in [2.24, 2.45) is 11.8 Å². The zero-order chi connectivity index (χ0) is 12.3. The maximum atomic E-state index is 11.8. The molecule has 1 saturated carbocycles. The van der Waals surface area contributed by atoms with Gasteiger partial charge in [-0.15, -0.1) is 0 Å². The number of rotatable bonds is 4. The molecule has 0 aromatic rings. The van der Waals surface area contributed by atoms with Crippen molar-refractivity contribution in [2.45, 2.75) is 38.6 Å². The van der Waals surface area contributed by atoms with Crippen LogP contribution in [0.1, 0.15) is 33.1 Å². The zero-order valence-electron chi connectivity index (χ0n) is 9.69. The van der Waals surface area contributed by atoms with Gasteiger partial charge < -0.3 is 15.5 Å². The van der Waals surface area contributed by atoms with E-state index in [1.807, 2.05) is 0 Å². The first kappa shape index (κ1) is 13.0. The Balaban J connectivity index is 2.48. The summed E-state index contributed by atoms with van der Waals surface area (Å²) in [6.45, 7) is 3.33. The van der Waals surface area contributed by atoms with E-state index in [1.54, 1.807) is 13.8 Å². The fraction of sp³-hybridized carbons (Fsp3) is 0.818. The Hall–Kier alpha value is -1.10. The highest BCUT2D eigenvalue weighted by atomic mass is 16.4. The molecule has 2 atom stereocenters. The topological polar surface area (TPSA) is 86.6 Å². The minimum atomic E-state index is -0.822. The highest BCUT2D eigenvalue weighted by molar-refractivity contribution is 5.81. The molecule has 0 radical (unpaired) electrons. The number of nitrogens with one attached hydrogen (secondary N) is 1. The molecule has 3 N–H and O–H groups in total. The zero-order valence-corrected chi connectivity index (χ0v) is 9.69. The van der Waals surface area contributed by atoms with Gasteiger partial charge in [-0.3, -0.25) is 9.59 Å². The Kier molecular flexibility index (Phi) is 3.91. The molecule has 0 bridgehead atoms. The van der Waals surface area contributed by atoms with Crippen LogP contribution >= 0.6 is 0 Å². The third kappa shape index (κ3) is 3.20. The second-order valence-electron chi connectivity index (χ2n) is 5.08. The third-order valence-electron chi connectivity index (χ3n) is 3.01. The largest absolute Gasteiger partial charge is 0.481 e. The summed E-state index contributed by atoms with van der Waals surface area (Å²) in [6, 6.07) is 0. The highest BCUT2D eigenvalue weighted by Gasteiger charge is 2.35. The van der Waals surface area contributed by atoms with Gasteiger partial charge in [0.1, 0.15) is 0 Å². The summed E-state index contributed by atoms with van der Waals surface area (Å²) in [6.07, 6.45) is 1.58. The van der Waals surface area contributed by atoms with Crippen molar-refractivity contribution in [3.63, 3.8) is 0 Å². The average Bonchev–Trinajstić information content (AvgIpc) is 2.66. The minimum absolute atomic E-state index is 0.131. The van der Waals surface area contributed by atoms with E-state index in [4.69, 9.17) is 10.2 Å². The molecule has 16 heavy (non-hydrogen) atoms. The first-order chi connectivity index (χ1) is 7.35. The number of aliphatic carboxylic acids is 1. The third-order valence-corrected chi connectivity index (χ3v) is 3.01. The van der Waals surface area contributed by atoms with Crippen LogP contribution in [0.5, 0.6) is 0 Å². The molecule has 0 aromatic heterocycles. The molecule has 0 aromatic carbocycles. The van der Waals surface area contributed by atoms with Crippen molar-refractivity contribution < 1.29 is 19.8 Å². The number of carboxylic acid groups (broad SMARTS) is 1. The van der Waals surface area contributed by atoms with E-state index in [1.165, 1.54) is 0 Å². The summed E-state index contributed by atoms with van der Waals surface area (Å²) in [5, 5.41) is 20.6. The van der Waals surface area contributed by atoms with Crippen LogP contribution in [0.2, 0.25) is 0 Å². The predicted molar refractivity (Wildman–Crippen MR) is 57.8 cm³/mol. The first-order valence-electron chi connectivity index (χ1n) is 5.51. The van der Waals surface area contributed by atoms with Gasteiger partial charge in [0, 0.05) is 5.92 Å². The maximum Gasteiger partial charge on any atom is 0.306 e. The molecule has 1 rings (SSSR count). The van der Waals surface area contributed by atoms with Gasteiger partial charge in [0.05, 0.1) is 18.1 Å². The normalized spacial score (nSPS) is 25.4. The van der Waals surface area contributed by atoms with Gasteiger partial charge in [0.15, 0.2) is 0 Å². The molecule has 0 saturated heterocycles. The van der Waals surface area contributed by atoms with Crippen LogP contribution in [0.15, 0.2) is 0 Å². The van der Waals surface area contributed by atoms with Crippen molar-refractivity contribution in [1.29, 1.82) is 0 Å². The molecule has 1 fully saturated rings. The van der Waals surface area contributed by atoms with E-state index in [9.17, 15) is 9.59 Å². The predicted octanol–water partition coefficient (Wildman–Crippen LogP) is 0.374. The van der Waals surface area contributed by atoms with Crippen LogP contribution in [0.25, 0.3) is 0 Å². The number of carbonyl (C=O) groups excluding carboxylic acids is 1. The molecule has 0 unspecified atom stereocenters. The second kappa shape index (κ2) is 4.82. The van der Waals surface area contributed by atoms with Gasteiger partial charge in [-0.05, 0) is 33.1 Å². The number of amides is 1. The van der Waals surface area contributed by atoms with Crippen molar-refractivity contribution in [2.75, 3.05) is 6.61 Å². The van der Waals surface area contributed by atoms with Gasteiger partial charge in [-0.2, -0.15) is 0 Å².